The Labute approximate surface area is 70.4 Å². The van der Waals surface area contributed by atoms with E-state index in [1.807, 2.05) is 13.8 Å². The molecule has 3 nitrogen and oxygen atoms in total. The van der Waals surface area contributed by atoms with Crippen molar-refractivity contribution >= 4 is 11.0 Å². The van der Waals surface area contributed by atoms with Crippen LogP contribution in [0.3, 0.4) is 0 Å². The Morgan fingerprint density at radius 1 is 1.25 bits per heavy atom. The lowest BCUT2D eigenvalue weighted by Gasteiger charge is -1.87. The van der Waals surface area contributed by atoms with E-state index in [0.29, 0.717) is 0 Å². The molecule has 0 saturated carbocycles. The number of fused-ring (bicyclic) bond motifs is 1. The fraction of sp³-hybridized carbons (Fsp3) is 0.333. The highest BCUT2D eigenvalue weighted by Gasteiger charge is 2.09. The molecule has 0 aromatic carbocycles. The van der Waals surface area contributed by atoms with E-state index in [9.17, 15) is 0 Å². The van der Waals surface area contributed by atoms with E-state index >= 15 is 0 Å². The Morgan fingerprint density at radius 3 is 2.58 bits per heavy atom. The lowest BCUT2D eigenvalue weighted by atomic mass is 10.3. The van der Waals surface area contributed by atoms with Crippen LogP contribution in [0, 0.1) is 6.92 Å². The van der Waals surface area contributed by atoms with Gasteiger partial charge in [-0.25, -0.2) is 9.97 Å². The predicted octanol–water partition coefficient (Wildman–Crippen LogP) is 2.09. The lowest BCUT2D eigenvalue weighted by molar-refractivity contribution is 0.493. The largest absolute Gasteiger partial charge is 0.462 e. The van der Waals surface area contributed by atoms with Crippen LogP contribution in [-0.4, -0.2) is 9.97 Å². The Bertz CT molecular complexity index is 406. The summed E-state index contributed by atoms with van der Waals surface area (Å²) in [5, 5.41) is 0. The lowest BCUT2D eigenvalue weighted by Crippen LogP contribution is -1.81. The minimum atomic E-state index is 0.856. The highest BCUT2D eigenvalue weighted by Crippen LogP contribution is 2.21. The van der Waals surface area contributed by atoms with Gasteiger partial charge in [-0.3, -0.25) is 0 Å². The van der Waals surface area contributed by atoms with Crippen molar-refractivity contribution < 1.29 is 4.42 Å². The van der Waals surface area contributed by atoms with Crippen LogP contribution in [0.2, 0.25) is 0 Å². The molecule has 0 aliphatic heterocycles. The first kappa shape index (κ1) is 7.28. The summed E-state index contributed by atoms with van der Waals surface area (Å²) in [5.74, 6) is 1.78. The molecule has 2 aromatic heterocycles. The summed E-state index contributed by atoms with van der Waals surface area (Å²) in [7, 11) is 0. The molecule has 0 spiro atoms. The van der Waals surface area contributed by atoms with E-state index in [1.165, 1.54) is 0 Å². The average molecular weight is 162 g/mol. The number of aryl methyl sites for hydroxylation is 2. The fourth-order valence-corrected chi connectivity index (χ4v) is 1.32. The van der Waals surface area contributed by atoms with Gasteiger partial charge in [-0.1, -0.05) is 6.92 Å². The van der Waals surface area contributed by atoms with Gasteiger partial charge in [0.1, 0.15) is 22.6 Å². The van der Waals surface area contributed by atoms with E-state index in [4.69, 9.17) is 4.42 Å². The number of furan rings is 1. The summed E-state index contributed by atoms with van der Waals surface area (Å²) in [6.07, 6.45) is 4.24. The maximum absolute atomic E-state index is 5.49. The Kier molecular flexibility index (Phi) is 1.57. The summed E-state index contributed by atoms with van der Waals surface area (Å²) in [4.78, 5) is 8.41. The van der Waals surface area contributed by atoms with Crippen molar-refractivity contribution in [3.8, 4) is 0 Å². The molecule has 0 bridgehead atoms. The fourth-order valence-electron chi connectivity index (χ4n) is 1.32. The molecule has 0 atom stereocenters. The molecule has 0 amide bonds. The summed E-state index contributed by atoms with van der Waals surface area (Å²) >= 11 is 0. The topological polar surface area (TPSA) is 38.9 Å². The van der Waals surface area contributed by atoms with Gasteiger partial charge in [-0.2, -0.15) is 0 Å². The number of hydrogen-bond donors (Lipinski definition) is 0. The molecular formula is C9H10N2O. The van der Waals surface area contributed by atoms with Gasteiger partial charge in [-0.15, -0.1) is 0 Å². The zero-order chi connectivity index (χ0) is 8.55. The second kappa shape index (κ2) is 2.59. The van der Waals surface area contributed by atoms with Crippen LogP contribution in [0.4, 0.5) is 0 Å². The molecular weight excluding hydrogens is 152 g/mol. The third-order valence-corrected chi connectivity index (χ3v) is 1.89. The van der Waals surface area contributed by atoms with Gasteiger partial charge >= 0.3 is 0 Å². The zero-order valence-electron chi connectivity index (χ0n) is 7.16. The summed E-state index contributed by atoms with van der Waals surface area (Å²) in [6.45, 7) is 3.96. The molecule has 0 radical (unpaired) electrons. The Morgan fingerprint density at radius 2 is 1.92 bits per heavy atom. The molecule has 0 unspecified atom stereocenters. The molecule has 62 valence electrons. The predicted molar refractivity (Wildman–Crippen MR) is 45.9 cm³/mol. The first-order chi connectivity index (χ1) is 5.83. The minimum absolute atomic E-state index is 0.856. The van der Waals surface area contributed by atoms with E-state index in [0.717, 1.165) is 29.0 Å². The summed E-state index contributed by atoms with van der Waals surface area (Å²) in [6, 6.07) is 0. The third-order valence-electron chi connectivity index (χ3n) is 1.89. The van der Waals surface area contributed by atoms with Crippen molar-refractivity contribution in [3.63, 3.8) is 0 Å². The van der Waals surface area contributed by atoms with Gasteiger partial charge in [0.2, 0.25) is 0 Å². The molecule has 0 aliphatic carbocycles. The van der Waals surface area contributed by atoms with Crippen LogP contribution in [-0.2, 0) is 6.42 Å². The monoisotopic (exact) mass is 162 g/mol. The summed E-state index contributed by atoms with van der Waals surface area (Å²) < 4.78 is 5.49. The van der Waals surface area contributed by atoms with Crippen LogP contribution < -0.4 is 0 Å². The van der Waals surface area contributed by atoms with E-state index in [2.05, 4.69) is 9.97 Å². The third kappa shape index (κ3) is 0.897. The number of hydrogen-bond acceptors (Lipinski definition) is 3. The molecule has 2 aromatic rings. The van der Waals surface area contributed by atoms with Crippen molar-refractivity contribution in [2.24, 2.45) is 0 Å². The molecule has 2 rings (SSSR count). The molecule has 0 N–H and O–H groups in total. The minimum Gasteiger partial charge on any atom is -0.462 e. The van der Waals surface area contributed by atoms with Crippen LogP contribution in [0.15, 0.2) is 16.8 Å². The number of aromatic nitrogens is 2. The average Bonchev–Trinajstić information content (AvgIpc) is 2.44. The molecule has 12 heavy (non-hydrogen) atoms. The Balaban J connectivity index is 2.82. The standard InChI is InChI=1S/C9H10N2O/c1-3-7-9-8(6(2)12-7)10-4-5-11-9/h4-5H,3H2,1-2H3. The normalized spacial score (nSPS) is 10.8. The first-order valence-corrected chi connectivity index (χ1v) is 4.02. The van der Waals surface area contributed by atoms with Crippen molar-refractivity contribution in [3.05, 3.63) is 23.9 Å². The smallest absolute Gasteiger partial charge is 0.131 e. The Hall–Kier alpha value is -1.38. The maximum Gasteiger partial charge on any atom is 0.131 e. The van der Waals surface area contributed by atoms with Gasteiger partial charge in [0.05, 0.1) is 0 Å². The summed E-state index contributed by atoms with van der Waals surface area (Å²) in [5.41, 5.74) is 1.78. The molecule has 3 heteroatoms. The molecule has 2 heterocycles. The van der Waals surface area contributed by atoms with E-state index in [-0.39, 0.29) is 0 Å². The molecule has 0 saturated heterocycles. The van der Waals surface area contributed by atoms with Crippen LogP contribution in [0.5, 0.6) is 0 Å². The SMILES string of the molecule is CCc1oc(C)c2nccnc12. The van der Waals surface area contributed by atoms with E-state index in [1.54, 1.807) is 12.4 Å². The highest BCUT2D eigenvalue weighted by atomic mass is 16.3. The van der Waals surface area contributed by atoms with Crippen molar-refractivity contribution in [2.45, 2.75) is 20.3 Å². The van der Waals surface area contributed by atoms with Gasteiger partial charge < -0.3 is 4.42 Å². The highest BCUT2D eigenvalue weighted by molar-refractivity contribution is 5.78. The number of nitrogens with zero attached hydrogens (tertiary/aromatic N) is 2. The van der Waals surface area contributed by atoms with Crippen LogP contribution in [0.25, 0.3) is 11.0 Å². The van der Waals surface area contributed by atoms with E-state index < -0.39 is 0 Å². The quantitative estimate of drug-likeness (QED) is 0.644. The van der Waals surface area contributed by atoms with Gasteiger partial charge in [0.15, 0.2) is 0 Å². The van der Waals surface area contributed by atoms with Crippen LogP contribution in [0.1, 0.15) is 18.4 Å². The van der Waals surface area contributed by atoms with Crippen molar-refractivity contribution in [1.29, 1.82) is 0 Å². The van der Waals surface area contributed by atoms with Crippen molar-refractivity contribution in [2.75, 3.05) is 0 Å². The second-order valence-electron chi connectivity index (χ2n) is 2.69. The maximum atomic E-state index is 5.49. The zero-order valence-corrected chi connectivity index (χ0v) is 7.16. The van der Waals surface area contributed by atoms with Crippen molar-refractivity contribution in [1.82, 2.24) is 9.97 Å². The second-order valence-corrected chi connectivity index (χ2v) is 2.69. The van der Waals surface area contributed by atoms with Gasteiger partial charge in [0, 0.05) is 18.8 Å². The molecule has 0 fully saturated rings. The molecule has 0 aliphatic rings. The van der Waals surface area contributed by atoms with Gasteiger partial charge in [0.25, 0.3) is 0 Å². The first-order valence-electron chi connectivity index (χ1n) is 4.02. The van der Waals surface area contributed by atoms with Gasteiger partial charge in [-0.05, 0) is 6.92 Å². The van der Waals surface area contributed by atoms with Crippen LogP contribution >= 0.6 is 0 Å². The number of rotatable bonds is 1.